The van der Waals surface area contributed by atoms with Crippen molar-refractivity contribution in [1.29, 1.82) is 0 Å². The molecule has 0 aliphatic rings. The first-order valence-electron chi connectivity index (χ1n) is 40.7. The van der Waals surface area contributed by atoms with Crippen LogP contribution in [0.5, 0.6) is 0 Å². The topological polar surface area (TPSA) is 237 Å². The zero-order chi connectivity index (χ0) is 72.4. The smallest absolute Gasteiger partial charge is 0.462 e. The van der Waals surface area contributed by atoms with Crippen LogP contribution in [0.2, 0.25) is 0 Å². The Kier molecular flexibility index (Phi) is 66.8. The van der Waals surface area contributed by atoms with Gasteiger partial charge in [0.2, 0.25) is 0 Å². The molecule has 0 spiro atoms. The van der Waals surface area contributed by atoms with E-state index in [0.717, 1.165) is 120 Å². The second-order valence-electron chi connectivity index (χ2n) is 30.1. The lowest BCUT2D eigenvalue weighted by Crippen LogP contribution is -2.30. The van der Waals surface area contributed by atoms with Crippen molar-refractivity contribution in [2.45, 2.75) is 420 Å². The molecule has 0 aromatic carbocycles. The molecule has 0 aliphatic heterocycles. The number of aliphatic hydroxyl groups is 1. The van der Waals surface area contributed by atoms with Crippen LogP contribution in [0, 0.1) is 23.7 Å². The van der Waals surface area contributed by atoms with E-state index in [1.807, 2.05) is 0 Å². The van der Waals surface area contributed by atoms with Gasteiger partial charge in [0.25, 0.3) is 0 Å². The monoisotopic (exact) mass is 1440 g/mol. The average Bonchev–Trinajstić information content (AvgIpc) is 1.55. The Labute approximate surface area is 600 Å². The minimum Gasteiger partial charge on any atom is -0.462 e. The summed E-state index contributed by atoms with van der Waals surface area (Å²) in [5.41, 5.74) is 0. The maximum atomic E-state index is 13.1. The highest BCUT2D eigenvalue weighted by Crippen LogP contribution is 2.45. The highest BCUT2D eigenvalue weighted by molar-refractivity contribution is 7.47. The third-order valence-corrected chi connectivity index (χ3v) is 20.6. The first kappa shape index (κ1) is 96.1. The minimum atomic E-state index is -4.96. The molecule has 98 heavy (non-hydrogen) atoms. The molecule has 0 radical (unpaired) electrons. The van der Waals surface area contributed by atoms with E-state index in [9.17, 15) is 43.2 Å². The Hall–Kier alpha value is -1.94. The molecule has 0 saturated carbocycles. The van der Waals surface area contributed by atoms with Gasteiger partial charge < -0.3 is 33.8 Å². The summed E-state index contributed by atoms with van der Waals surface area (Å²) in [6.07, 6.45) is 54.1. The molecule has 0 aromatic heterocycles. The Morgan fingerprint density at radius 1 is 0.286 bits per heavy atom. The van der Waals surface area contributed by atoms with Crippen molar-refractivity contribution >= 4 is 39.5 Å². The second kappa shape index (κ2) is 68.2. The number of unbranched alkanes of at least 4 members (excludes halogenated alkanes) is 41. The molecule has 0 aromatic rings. The van der Waals surface area contributed by atoms with E-state index in [1.165, 1.54) is 199 Å². The highest BCUT2D eigenvalue weighted by atomic mass is 31.2. The fourth-order valence-electron chi connectivity index (χ4n) is 12.0. The molecule has 0 rings (SSSR count). The molecular formula is C79H154O17P2. The Balaban J connectivity index is 5.26. The van der Waals surface area contributed by atoms with Crippen LogP contribution in [0.1, 0.15) is 402 Å². The van der Waals surface area contributed by atoms with Crippen molar-refractivity contribution in [2.75, 3.05) is 39.6 Å². The lowest BCUT2D eigenvalue weighted by Gasteiger charge is -2.21. The number of hydrogen-bond donors (Lipinski definition) is 3. The Morgan fingerprint density at radius 2 is 0.490 bits per heavy atom. The minimum absolute atomic E-state index is 0.106. The largest absolute Gasteiger partial charge is 0.472 e. The maximum absolute atomic E-state index is 13.1. The molecule has 19 heteroatoms. The summed E-state index contributed by atoms with van der Waals surface area (Å²) in [6, 6.07) is 0. The van der Waals surface area contributed by atoms with E-state index < -0.39 is 97.5 Å². The summed E-state index contributed by atoms with van der Waals surface area (Å²) in [5, 5.41) is 10.6. The van der Waals surface area contributed by atoms with Crippen molar-refractivity contribution in [2.24, 2.45) is 23.7 Å². The highest BCUT2D eigenvalue weighted by Gasteiger charge is 2.30. The van der Waals surface area contributed by atoms with Crippen molar-refractivity contribution < 1.29 is 80.2 Å². The average molecular weight is 1440 g/mol. The van der Waals surface area contributed by atoms with Gasteiger partial charge in [-0.3, -0.25) is 37.3 Å². The summed E-state index contributed by atoms with van der Waals surface area (Å²) < 4.78 is 68.7. The number of aliphatic hydroxyl groups excluding tert-OH is 1. The van der Waals surface area contributed by atoms with Gasteiger partial charge in [-0.2, -0.15) is 0 Å². The quantitative estimate of drug-likeness (QED) is 0.0222. The van der Waals surface area contributed by atoms with Crippen LogP contribution < -0.4 is 0 Å². The SMILES string of the molecule is CCC(C)CCCCCCCCC(=O)OC[C@H](COP(=O)(O)OC[C@H](O)COP(=O)(O)OC[C@@H](COC(=O)CCCCCCCCCCCCCCCCC(C)C)OC(=O)CCCCCCCCCCCCCCCC(C)C)OC(=O)CCCCCCCCCCCCCCC(C)C. The summed E-state index contributed by atoms with van der Waals surface area (Å²) in [6.45, 7) is 14.2. The standard InChI is InChI=1S/C79H154O17P2/c1-9-72(8)58-50-42-37-38-44-52-60-77(82)90-66-75(96-79(84)62-54-46-36-30-24-18-17-21-27-33-41-49-57-71(6)7)68-94-98(87,88)92-64-73(80)63-91-97(85,86)93-67-74(95-78(83)61-53-45-35-29-23-16-12-14-20-26-32-40-48-56-70(4)5)65-89-76(81)59-51-43-34-28-22-15-11-10-13-19-25-31-39-47-55-69(2)3/h69-75,80H,9-68H2,1-8H3,(H,85,86)(H,87,88)/t72?,73-,74-,75-/m1/s1. The molecular weight excluding hydrogens is 1280 g/mol. The van der Waals surface area contributed by atoms with Gasteiger partial charge in [0.1, 0.15) is 19.3 Å². The van der Waals surface area contributed by atoms with Crippen LogP contribution in [0.4, 0.5) is 0 Å². The lowest BCUT2D eigenvalue weighted by atomic mass is 10.00. The van der Waals surface area contributed by atoms with Crippen LogP contribution in [-0.4, -0.2) is 96.7 Å². The third kappa shape index (κ3) is 71.1. The number of hydrogen-bond acceptors (Lipinski definition) is 15. The van der Waals surface area contributed by atoms with Crippen LogP contribution in [0.15, 0.2) is 0 Å². The van der Waals surface area contributed by atoms with E-state index in [4.69, 9.17) is 37.0 Å². The number of carbonyl (C=O) groups is 4. The number of phosphoric ester groups is 2. The van der Waals surface area contributed by atoms with Gasteiger partial charge in [-0.1, -0.05) is 351 Å². The van der Waals surface area contributed by atoms with Crippen LogP contribution in [-0.2, 0) is 65.4 Å². The molecule has 0 saturated heterocycles. The van der Waals surface area contributed by atoms with Crippen LogP contribution in [0.3, 0.4) is 0 Å². The molecule has 6 atom stereocenters. The lowest BCUT2D eigenvalue weighted by molar-refractivity contribution is -0.161. The molecule has 0 bridgehead atoms. The van der Waals surface area contributed by atoms with Crippen molar-refractivity contribution in [1.82, 2.24) is 0 Å². The molecule has 17 nitrogen and oxygen atoms in total. The van der Waals surface area contributed by atoms with Gasteiger partial charge in [-0.25, -0.2) is 9.13 Å². The van der Waals surface area contributed by atoms with E-state index in [-0.39, 0.29) is 25.7 Å². The second-order valence-corrected chi connectivity index (χ2v) is 33.0. The van der Waals surface area contributed by atoms with E-state index in [0.29, 0.717) is 25.7 Å². The zero-order valence-electron chi connectivity index (χ0n) is 64.4. The van der Waals surface area contributed by atoms with Crippen molar-refractivity contribution in [3.05, 3.63) is 0 Å². The summed E-state index contributed by atoms with van der Waals surface area (Å²) >= 11 is 0. The Morgan fingerprint density at radius 3 is 0.724 bits per heavy atom. The molecule has 3 unspecified atom stereocenters. The van der Waals surface area contributed by atoms with E-state index >= 15 is 0 Å². The normalized spacial score (nSPS) is 14.3. The van der Waals surface area contributed by atoms with Crippen molar-refractivity contribution in [3.8, 4) is 0 Å². The fourth-order valence-corrected chi connectivity index (χ4v) is 13.6. The molecule has 0 heterocycles. The number of phosphoric acid groups is 2. The van der Waals surface area contributed by atoms with Gasteiger partial charge in [0.15, 0.2) is 12.2 Å². The van der Waals surface area contributed by atoms with Gasteiger partial charge in [-0.05, 0) is 49.4 Å². The molecule has 3 N–H and O–H groups in total. The maximum Gasteiger partial charge on any atom is 0.472 e. The van der Waals surface area contributed by atoms with Crippen LogP contribution in [0.25, 0.3) is 0 Å². The van der Waals surface area contributed by atoms with Gasteiger partial charge >= 0.3 is 39.5 Å². The number of esters is 4. The van der Waals surface area contributed by atoms with Gasteiger partial charge in [0, 0.05) is 25.7 Å². The molecule has 0 amide bonds. The number of carbonyl (C=O) groups excluding carboxylic acids is 4. The first-order chi connectivity index (χ1) is 47.1. The van der Waals surface area contributed by atoms with Gasteiger partial charge in [0.05, 0.1) is 26.4 Å². The predicted molar refractivity (Wildman–Crippen MR) is 400 cm³/mol. The van der Waals surface area contributed by atoms with Crippen LogP contribution >= 0.6 is 15.6 Å². The number of rotatable bonds is 76. The van der Waals surface area contributed by atoms with Crippen molar-refractivity contribution in [3.63, 3.8) is 0 Å². The first-order valence-corrected chi connectivity index (χ1v) is 43.7. The summed E-state index contributed by atoms with van der Waals surface area (Å²) in [5.74, 6) is 0.977. The predicted octanol–water partition coefficient (Wildman–Crippen LogP) is 23.2. The number of ether oxygens (including phenoxy) is 4. The van der Waals surface area contributed by atoms with Gasteiger partial charge in [-0.15, -0.1) is 0 Å². The molecule has 0 aliphatic carbocycles. The zero-order valence-corrected chi connectivity index (χ0v) is 66.2. The molecule has 0 fully saturated rings. The summed E-state index contributed by atoms with van der Waals surface area (Å²) in [4.78, 5) is 73.0. The van der Waals surface area contributed by atoms with E-state index in [1.54, 1.807) is 0 Å². The fraction of sp³-hybridized carbons (Fsp3) is 0.949. The summed E-state index contributed by atoms with van der Waals surface area (Å²) in [7, 11) is -9.92. The Bertz CT molecular complexity index is 1920. The third-order valence-electron chi connectivity index (χ3n) is 18.7. The molecule has 582 valence electrons. The van der Waals surface area contributed by atoms with E-state index in [2.05, 4.69) is 55.4 Å².